The highest BCUT2D eigenvalue weighted by Gasteiger charge is 2.42. The van der Waals surface area contributed by atoms with Crippen molar-refractivity contribution in [3.63, 3.8) is 0 Å². The topological polar surface area (TPSA) is 128 Å². The van der Waals surface area contributed by atoms with Crippen molar-refractivity contribution < 1.29 is 9.26 Å². The lowest BCUT2D eigenvalue weighted by Gasteiger charge is -2.43. The molecule has 7 rings (SSSR count). The molecule has 3 aliphatic rings. The Hall–Kier alpha value is -3.31. The second-order valence-corrected chi connectivity index (χ2v) is 12.1. The van der Waals surface area contributed by atoms with Gasteiger partial charge >= 0.3 is 5.76 Å². The van der Waals surface area contributed by atoms with Gasteiger partial charge in [0.15, 0.2) is 5.65 Å². The van der Waals surface area contributed by atoms with Crippen molar-refractivity contribution in [1.29, 1.82) is 0 Å². The van der Waals surface area contributed by atoms with Crippen molar-refractivity contribution in [2.45, 2.75) is 83.5 Å². The van der Waals surface area contributed by atoms with Crippen LogP contribution in [0.5, 0.6) is 0 Å². The summed E-state index contributed by atoms with van der Waals surface area (Å²) in [7, 11) is 0. The minimum absolute atomic E-state index is 0.149. The first-order valence-corrected chi connectivity index (χ1v) is 14.7. The average Bonchev–Trinajstić information content (AvgIpc) is 3.68. The van der Waals surface area contributed by atoms with Crippen LogP contribution in [0.25, 0.3) is 34.1 Å². The fraction of sp³-hybridized carbons (Fsp3) is 0.571. The molecule has 3 atom stereocenters. The molecular formula is C28H33ClN8O3. The van der Waals surface area contributed by atoms with Gasteiger partial charge in [0.25, 0.3) is 0 Å². The van der Waals surface area contributed by atoms with E-state index in [0.29, 0.717) is 28.9 Å². The van der Waals surface area contributed by atoms with Crippen LogP contribution < -0.4 is 10.7 Å². The van der Waals surface area contributed by atoms with Gasteiger partial charge in [-0.25, -0.2) is 14.8 Å². The summed E-state index contributed by atoms with van der Waals surface area (Å²) < 4.78 is 13.3. The van der Waals surface area contributed by atoms with Crippen molar-refractivity contribution in [2.24, 2.45) is 11.8 Å². The van der Waals surface area contributed by atoms with E-state index in [1.165, 1.54) is 25.7 Å². The lowest BCUT2D eigenvalue weighted by atomic mass is 9.83. The molecule has 11 nitrogen and oxygen atoms in total. The van der Waals surface area contributed by atoms with Gasteiger partial charge in [-0.05, 0) is 56.9 Å². The standard InChI is InChI=1S/C28H33ClN8O3/c1-15-6-8-17(9-7-15)13-36-23-22(18-10-19(29)12-30-11-18)31-25(26-34-28(38)40-35-26)32-24(23)33-27(36)37-16(2)14-39-21-5-3-4-20(21)37/h10-12,15-17,20-21H,3-9,13-14H2,1-2H3,(H,34,35,38)/t15-,16?,17-,20?,21?. The minimum Gasteiger partial charge on any atom is -0.374 e. The summed E-state index contributed by atoms with van der Waals surface area (Å²) in [6.45, 7) is 6.04. The molecule has 0 radical (unpaired) electrons. The first-order valence-electron chi connectivity index (χ1n) is 14.3. The van der Waals surface area contributed by atoms with Gasteiger partial charge < -0.3 is 14.2 Å². The summed E-state index contributed by atoms with van der Waals surface area (Å²) in [5.74, 6) is 1.90. The third kappa shape index (κ3) is 4.58. The molecular weight excluding hydrogens is 532 g/mol. The van der Waals surface area contributed by atoms with Gasteiger partial charge in [-0.15, -0.1) is 0 Å². The normalized spacial score (nSPS) is 26.9. The van der Waals surface area contributed by atoms with Crippen molar-refractivity contribution >= 4 is 28.7 Å². The fourth-order valence-electron chi connectivity index (χ4n) is 6.77. The zero-order chi connectivity index (χ0) is 27.4. The third-order valence-corrected chi connectivity index (χ3v) is 9.03. The number of nitrogens with zero attached hydrogens (tertiary/aromatic N) is 7. The van der Waals surface area contributed by atoms with Crippen LogP contribution in [-0.2, 0) is 11.3 Å². The van der Waals surface area contributed by atoms with E-state index in [4.69, 9.17) is 35.8 Å². The maximum Gasteiger partial charge on any atom is 0.439 e. The van der Waals surface area contributed by atoms with E-state index < -0.39 is 5.76 Å². The summed E-state index contributed by atoms with van der Waals surface area (Å²) in [4.78, 5) is 36.1. The molecule has 5 heterocycles. The number of aromatic nitrogens is 7. The van der Waals surface area contributed by atoms with Gasteiger partial charge in [-0.1, -0.05) is 36.5 Å². The molecule has 0 aromatic carbocycles. The molecule has 2 aliphatic carbocycles. The van der Waals surface area contributed by atoms with E-state index in [9.17, 15) is 4.79 Å². The first kappa shape index (κ1) is 25.6. The number of rotatable bonds is 5. The molecule has 0 bridgehead atoms. The highest BCUT2D eigenvalue weighted by atomic mass is 35.5. The molecule has 210 valence electrons. The number of morpholine rings is 1. The van der Waals surface area contributed by atoms with E-state index >= 15 is 0 Å². The number of aromatic amines is 1. The Morgan fingerprint density at radius 2 is 1.93 bits per heavy atom. The van der Waals surface area contributed by atoms with Crippen LogP contribution in [-0.4, -0.2) is 59.4 Å². The van der Waals surface area contributed by atoms with Crippen LogP contribution in [0.1, 0.15) is 58.8 Å². The van der Waals surface area contributed by atoms with E-state index in [1.54, 1.807) is 12.4 Å². The van der Waals surface area contributed by atoms with E-state index in [2.05, 4.69) is 38.4 Å². The monoisotopic (exact) mass is 564 g/mol. The zero-order valence-corrected chi connectivity index (χ0v) is 23.5. The Morgan fingerprint density at radius 3 is 2.70 bits per heavy atom. The first-order chi connectivity index (χ1) is 19.4. The van der Waals surface area contributed by atoms with Gasteiger partial charge in [-0.2, -0.15) is 4.98 Å². The summed E-state index contributed by atoms with van der Waals surface area (Å²) in [6.07, 6.45) is 11.6. The van der Waals surface area contributed by atoms with Crippen LogP contribution >= 0.6 is 11.6 Å². The molecule has 4 aromatic heterocycles. The molecule has 0 amide bonds. The molecule has 3 unspecified atom stereocenters. The van der Waals surface area contributed by atoms with Crippen molar-refractivity contribution in [1.82, 2.24) is 34.6 Å². The maximum atomic E-state index is 11.8. The van der Waals surface area contributed by atoms with Crippen LogP contribution in [0.15, 0.2) is 27.8 Å². The SMILES string of the molecule is CC1COC2CCCC2N1c1nc2nc(-c3noc(=O)[nH]3)nc(-c3cncc(Cl)c3)c2n1C[C@H]1CC[C@H](C)CC1. The molecule has 40 heavy (non-hydrogen) atoms. The summed E-state index contributed by atoms with van der Waals surface area (Å²) in [5.41, 5.74) is 2.76. The van der Waals surface area contributed by atoms with E-state index in [-0.39, 0.29) is 29.8 Å². The number of fused-ring (bicyclic) bond motifs is 2. The Bertz CT molecular complexity index is 1590. The summed E-state index contributed by atoms with van der Waals surface area (Å²) >= 11 is 6.40. The fourth-order valence-corrected chi connectivity index (χ4v) is 6.95. The molecule has 4 aromatic rings. The predicted molar refractivity (Wildman–Crippen MR) is 150 cm³/mol. The van der Waals surface area contributed by atoms with Gasteiger partial charge in [0, 0.05) is 24.5 Å². The Labute approximate surface area is 236 Å². The van der Waals surface area contributed by atoms with Crippen molar-refractivity contribution in [3.8, 4) is 22.9 Å². The second kappa shape index (κ2) is 10.3. The molecule has 1 N–H and O–H groups in total. The Balaban J connectivity index is 1.46. The van der Waals surface area contributed by atoms with Crippen LogP contribution in [0.4, 0.5) is 5.95 Å². The molecule has 3 fully saturated rings. The number of nitrogens with one attached hydrogen (secondary N) is 1. The quantitative estimate of drug-likeness (QED) is 0.361. The molecule has 1 aliphatic heterocycles. The zero-order valence-electron chi connectivity index (χ0n) is 22.7. The lowest BCUT2D eigenvalue weighted by molar-refractivity contribution is 0.00642. The van der Waals surface area contributed by atoms with Crippen LogP contribution in [0.2, 0.25) is 5.02 Å². The number of ether oxygens (including phenoxy) is 1. The minimum atomic E-state index is -0.670. The number of imidazole rings is 1. The number of H-pyrrole nitrogens is 1. The Kier molecular flexibility index (Phi) is 6.58. The largest absolute Gasteiger partial charge is 0.439 e. The number of halogens is 1. The van der Waals surface area contributed by atoms with E-state index in [0.717, 1.165) is 48.8 Å². The Morgan fingerprint density at radius 1 is 1.07 bits per heavy atom. The maximum absolute atomic E-state index is 11.8. The van der Waals surface area contributed by atoms with Crippen molar-refractivity contribution in [3.05, 3.63) is 34.0 Å². The molecule has 1 saturated heterocycles. The molecule has 0 spiro atoms. The number of pyridine rings is 1. The molecule has 2 saturated carbocycles. The van der Waals surface area contributed by atoms with Gasteiger partial charge in [0.1, 0.15) is 11.2 Å². The number of anilines is 1. The van der Waals surface area contributed by atoms with Gasteiger partial charge in [-0.3, -0.25) is 14.5 Å². The van der Waals surface area contributed by atoms with Crippen molar-refractivity contribution in [2.75, 3.05) is 11.5 Å². The lowest BCUT2D eigenvalue weighted by Crippen LogP contribution is -2.54. The van der Waals surface area contributed by atoms with Gasteiger partial charge in [0.2, 0.25) is 17.6 Å². The highest BCUT2D eigenvalue weighted by Crippen LogP contribution is 2.40. The number of hydrogen-bond donors (Lipinski definition) is 1. The molecule has 12 heteroatoms. The predicted octanol–water partition coefficient (Wildman–Crippen LogP) is 4.86. The van der Waals surface area contributed by atoms with E-state index in [1.807, 2.05) is 6.07 Å². The third-order valence-electron chi connectivity index (χ3n) is 8.82. The highest BCUT2D eigenvalue weighted by molar-refractivity contribution is 6.30. The van der Waals surface area contributed by atoms with Crippen LogP contribution in [0, 0.1) is 11.8 Å². The van der Waals surface area contributed by atoms with Gasteiger partial charge in [0.05, 0.1) is 29.8 Å². The van der Waals surface area contributed by atoms with Crippen LogP contribution in [0.3, 0.4) is 0 Å². The summed E-state index contributed by atoms with van der Waals surface area (Å²) in [5, 5.41) is 4.35. The number of hydrogen-bond acceptors (Lipinski definition) is 9. The average molecular weight is 565 g/mol. The second-order valence-electron chi connectivity index (χ2n) is 11.7. The summed E-state index contributed by atoms with van der Waals surface area (Å²) in [6, 6.07) is 2.27. The smallest absolute Gasteiger partial charge is 0.374 e.